The second-order valence-electron chi connectivity index (χ2n) is 15.8. The molecule has 3 N–H and O–H groups in total. The molecule has 0 aromatic heterocycles. The van der Waals surface area contributed by atoms with Crippen LogP contribution in [0, 0.1) is 62.6 Å². The molecule has 222 valence electrons. The van der Waals surface area contributed by atoms with Gasteiger partial charge in [-0.2, -0.15) is 0 Å². The Morgan fingerprint density at radius 2 is 1.62 bits per heavy atom. The molecule has 5 rings (SSSR count). The van der Waals surface area contributed by atoms with Crippen LogP contribution < -0.4 is 5.32 Å². The molecule has 1 amide bonds. The van der Waals surface area contributed by atoms with Gasteiger partial charge in [-0.15, -0.1) is 0 Å². The summed E-state index contributed by atoms with van der Waals surface area (Å²) in [6.07, 6.45) is 9.69. The van der Waals surface area contributed by atoms with Crippen LogP contribution in [0.5, 0.6) is 0 Å². The number of aliphatic hydroxyl groups excluding tert-OH is 1. The number of hydrogen-bond donors (Lipinski definition) is 3. The van der Waals surface area contributed by atoms with Gasteiger partial charge < -0.3 is 20.3 Å². The Hall–Kier alpha value is -1.30. The zero-order chi connectivity index (χ0) is 28.6. The van der Waals surface area contributed by atoms with Crippen LogP contribution in [0.4, 0.5) is 4.79 Å². The minimum absolute atomic E-state index is 0.0662. The molecule has 39 heavy (non-hydrogen) atoms. The summed E-state index contributed by atoms with van der Waals surface area (Å²) in [4.78, 5) is 25.3. The quantitative estimate of drug-likeness (QED) is 0.349. The van der Waals surface area contributed by atoms with E-state index in [0.717, 1.165) is 64.2 Å². The number of carboxylic acid groups (broad SMARTS) is 1. The number of amides is 1. The van der Waals surface area contributed by atoms with Gasteiger partial charge in [0.2, 0.25) is 0 Å². The highest BCUT2D eigenvalue weighted by Crippen LogP contribution is 2.77. The second kappa shape index (κ2) is 9.63. The highest BCUT2D eigenvalue weighted by Gasteiger charge is 2.72. The molecule has 5 aliphatic carbocycles. The van der Waals surface area contributed by atoms with Gasteiger partial charge >= 0.3 is 12.1 Å². The molecule has 0 heterocycles. The fraction of sp³-hybridized carbons (Fsp3) is 0.939. The molecular formula is C33H55NO5. The van der Waals surface area contributed by atoms with Gasteiger partial charge in [-0.05, 0) is 123 Å². The zero-order valence-corrected chi connectivity index (χ0v) is 25.6. The average molecular weight is 546 g/mol. The maximum atomic E-state index is 12.9. The summed E-state index contributed by atoms with van der Waals surface area (Å²) in [6.45, 7) is 17.1. The van der Waals surface area contributed by atoms with Gasteiger partial charge in [0.05, 0.1) is 5.41 Å². The van der Waals surface area contributed by atoms with Crippen molar-refractivity contribution in [2.45, 2.75) is 119 Å². The molecule has 0 spiro atoms. The lowest BCUT2D eigenvalue weighted by atomic mass is 9.32. The van der Waals surface area contributed by atoms with Crippen molar-refractivity contribution < 1.29 is 24.5 Å². The third kappa shape index (κ3) is 3.88. The van der Waals surface area contributed by atoms with E-state index in [2.05, 4.69) is 46.9 Å². The number of carbonyl (C=O) groups is 2. The molecule has 11 atom stereocenters. The third-order valence-electron chi connectivity index (χ3n) is 14.4. The van der Waals surface area contributed by atoms with Crippen molar-refractivity contribution in [1.82, 2.24) is 5.32 Å². The Balaban J connectivity index is 1.47. The third-order valence-corrected chi connectivity index (χ3v) is 14.4. The molecule has 5 unspecified atom stereocenters. The van der Waals surface area contributed by atoms with E-state index < -0.39 is 11.4 Å². The van der Waals surface area contributed by atoms with Gasteiger partial charge in [-0.25, -0.2) is 4.79 Å². The first-order valence-electron chi connectivity index (χ1n) is 16.0. The highest BCUT2D eigenvalue weighted by molar-refractivity contribution is 5.76. The van der Waals surface area contributed by atoms with E-state index in [4.69, 9.17) is 4.74 Å². The summed E-state index contributed by atoms with van der Waals surface area (Å²) >= 11 is 0. The largest absolute Gasteiger partial charge is 0.481 e. The molecule has 5 saturated carbocycles. The Morgan fingerprint density at radius 3 is 2.26 bits per heavy atom. The van der Waals surface area contributed by atoms with Crippen LogP contribution in [0.3, 0.4) is 0 Å². The fourth-order valence-corrected chi connectivity index (χ4v) is 12.3. The van der Waals surface area contributed by atoms with E-state index in [9.17, 15) is 19.8 Å². The van der Waals surface area contributed by atoms with Gasteiger partial charge in [0.25, 0.3) is 0 Å². The number of nitrogens with one attached hydrogen (secondary N) is 1. The van der Waals surface area contributed by atoms with Crippen LogP contribution in [-0.2, 0) is 9.53 Å². The lowest BCUT2D eigenvalue weighted by Gasteiger charge is -2.72. The first-order valence-corrected chi connectivity index (χ1v) is 16.0. The smallest absolute Gasteiger partial charge is 0.407 e. The van der Waals surface area contributed by atoms with Gasteiger partial charge in [-0.3, -0.25) is 4.79 Å². The lowest BCUT2D eigenvalue weighted by Crippen LogP contribution is -2.67. The van der Waals surface area contributed by atoms with Crippen molar-refractivity contribution in [3.63, 3.8) is 0 Å². The molecule has 0 aromatic rings. The van der Waals surface area contributed by atoms with Crippen molar-refractivity contribution in [3.8, 4) is 0 Å². The highest BCUT2D eigenvalue weighted by atomic mass is 16.6. The average Bonchev–Trinajstić information content (AvgIpc) is 3.27. The Labute approximate surface area is 236 Å². The van der Waals surface area contributed by atoms with E-state index >= 15 is 0 Å². The maximum Gasteiger partial charge on any atom is 0.407 e. The second-order valence-corrected chi connectivity index (χ2v) is 15.8. The first kappa shape index (κ1) is 29.2. The Bertz CT molecular complexity index is 981. The molecule has 0 radical (unpaired) electrons. The van der Waals surface area contributed by atoms with Crippen molar-refractivity contribution in [1.29, 1.82) is 0 Å². The zero-order valence-electron chi connectivity index (χ0n) is 25.6. The number of carboxylic acids is 1. The van der Waals surface area contributed by atoms with Crippen LogP contribution in [-0.4, -0.2) is 41.5 Å². The minimum atomic E-state index is -0.612. The molecule has 0 saturated heterocycles. The van der Waals surface area contributed by atoms with E-state index in [1.807, 2.05) is 6.92 Å². The topological polar surface area (TPSA) is 95.9 Å². The summed E-state index contributed by atoms with van der Waals surface area (Å²) in [5.41, 5.74) is -0.261. The molecule has 6 nitrogen and oxygen atoms in total. The number of rotatable bonds is 5. The predicted octanol–water partition coefficient (Wildman–Crippen LogP) is 6.90. The lowest BCUT2D eigenvalue weighted by molar-refractivity contribution is -0.249. The van der Waals surface area contributed by atoms with Crippen molar-refractivity contribution in [3.05, 3.63) is 0 Å². The molecular weight excluding hydrogens is 490 g/mol. The molecule has 0 aromatic carbocycles. The van der Waals surface area contributed by atoms with Crippen LogP contribution in [0.25, 0.3) is 0 Å². The van der Waals surface area contributed by atoms with E-state index in [1.165, 1.54) is 0 Å². The summed E-state index contributed by atoms with van der Waals surface area (Å²) in [6, 6.07) is 0. The molecule has 0 aliphatic heterocycles. The molecule has 5 aliphatic rings. The van der Waals surface area contributed by atoms with E-state index in [-0.39, 0.29) is 52.3 Å². The fourth-order valence-electron chi connectivity index (χ4n) is 12.3. The van der Waals surface area contributed by atoms with Gasteiger partial charge in [0.15, 0.2) is 0 Å². The number of ether oxygens (including phenoxy) is 1. The van der Waals surface area contributed by atoms with Crippen molar-refractivity contribution >= 4 is 12.1 Å². The summed E-state index contributed by atoms with van der Waals surface area (Å²) in [5.74, 6) is 1.50. The summed E-state index contributed by atoms with van der Waals surface area (Å²) < 4.78 is 6.01. The standard InChI is InChI=1S/C33H55NO5/c1-8-34-28(38)39-25-13-14-30(5)23(29(25,3)4)12-15-32(7)24(30)10-9-22-26-21(20(2)19-35)11-16-33(26,27(36)37)18-17-31(22,32)6/h20-26,35H,8-19H2,1-7H3,(H,34,38)(H,36,37)/t20?,21-,22?,23?,24?,25+,26?,30-,31+,32+,33-/m0/s1. The van der Waals surface area contributed by atoms with Crippen LogP contribution in [0.2, 0.25) is 0 Å². The number of aliphatic carboxylic acids is 1. The van der Waals surface area contributed by atoms with Crippen LogP contribution in [0.1, 0.15) is 113 Å². The monoisotopic (exact) mass is 545 g/mol. The van der Waals surface area contributed by atoms with E-state index in [0.29, 0.717) is 30.2 Å². The molecule has 6 heteroatoms. The molecule has 0 bridgehead atoms. The number of carbonyl (C=O) groups excluding carboxylic acids is 1. The Kier molecular flexibility index (Phi) is 7.21. The maximum absolute atomic E-state index is 12.9. The Morgan fingerprint density at radius 1 is 0.897 bits per heavy atom. The summed E-state index contributed by atoms with van der Waals surface area (Å²) in [5, 5.41) is 23.6. The van der Waals surface area contributed by atoms with Crippen molar-refractivity contribution in [2.24, 2.45) is 62.6 Å². The number of hydrogen-bond acceptors (Lipinski definition) is 4. The summed E-state index contributed by atoms with van der Waals surface area (Å²) in [7, 11) is 0. The van der Waals surface area contributed by atoms with Gasteiger partial charge in [0, 0.05) is 18.6 Å². The number of aliphatic hydroxyl groups is 1. The predicted molar refractivity (Wildman–Crippen MR) is 152 cm³/mol. The number of alkyl carbamates (subject to hydrolysis) is 1. The van der Waals surface area contributed by atoms with Gasteiger partial charge in [0.1, 0.15) is 6.10 Å². The molecule has 5 fully saturated rings. The normalized spacial score (nSPS) is 49.0. The number of fused-ring (bicyclic) bond motifs is 7. The minimum Gasteiger partial charge on any atom is -0.481 e. The van der Waals surface area contributed by atoms with Gasteiger partial charge in [-0.1, -0.05) is 41.5 Å². The van der Waals surface area contributed by atoms with Crippen molar-refractivity contribution in [2.75, 3.05) is 13.2 Å². The van der Waals surface area contributed by atoms with E-state index in [1.54, 1.807) is 0 Å². The first-order chi connectivity index (χ1) is 18.2. The van der Waals surface area contributed by atoms with Crippen LogP contribution in [0.15, 0.2) is 0 Å². The SMILES string of the molecule is CCNC(=O)O[C@@H]1CC[C@@]2(C)C(CC[C@]3(C)C2CCC2C4[C@H](C(C)CO)CC[C@]4(C(=O)O)CC[C@]23C)C1(C)C. The van der Waals surface area contributed by atoms with Crippen LogP contribution >= 0.6 is 0 Å².